The Hall–Kier alpha value is -1.26. The lowest BCUT2D eigenvalue weighted by Crippen LogP contribution is -2.49. The number of urea groups is 1. The molecule has 2 amide bonds. The zero-order valence-corrected chi connectivity index (χ0v) is 12.7. The van der Waals surface area contributed by atoms with E-state index in [2.05, 4.69) is 5.32 Å². The maximum Gasteiger partial charge on any atom is 0.318 e. The van der Waals surface area contributed by atoms with Gasteiger partial charge < -0.3 is 15.0 Å². The Balaban J connectivity index is 2.00. The summed E-state index contributed by atoms with van der Waals surface area (Å²) in [4.78, 5) is 14.1. The standard InChI is InChI=1S/C15H21ClN2O2/c1-3-14(12-5-4-6-13(16)9-12)17-15(19)18-7-8-20-11(2)10-18/h4-6,9,11,14H,3,7-8,10H2,1-2H3,(H,17,19). The topological polar surface area (TPSA) is 41.6 Å². The molecule has 0 spiro atoms. The molecule has 110 valence electrons. The predicted octanol–water partition coefficient (Wildman–Crippen LogP) is 3.22. The first-order valence-electron chi connectivity index (χ1n) is 7.02. The Labute approximate surface area is 125 Å². The number of carbonyl (C=O) groups excluding carboxylic acids is 1. The minimum Gasteiger partial charge on any atom is -0.375 e. The number of nitrogens with one attached hydrogen (secondary N) is 1. The van der Waals surface area contributed by atoms with Crippen molar-refractivity contribution in [2.45, 2.75) is 32.4 Å². The summed E-state index contributed by atoms with van der Waals surface area (Å²) in [5.74, 6) is 0. The van der Waals surface area contributed by atoms with E-state index in [0.29, 0.717) is 24.7 Å². The zero-order valence-electron chi connectivity index (χ0n) is 11.9. The van der Waals surface area contributed by atoms with Crippen molar-refractivity contribution in [2.24, 2.45) is 0 Å². The molecule has 0 aromatic heterocycles. The molecule has 1 aliphatic heterocycles. The molecule has 20 heavy (non-hydrogen) atoms. The summed E-state index contributed by atoms with van der Waals surface area (Å²) < 4.78 is 5.45. The Morgan fingerprint density at radius 2 is 2.40 bits per heavy atom. The SMILES string of the molecule is CCC(NC(=O)N1CCOC(C)C1)c1cccc(Cl)c1. The highest BCUT2D eigenvalue weighted by molar-refractivity contribution is 6.30. The molecule has 0 saturated carbocycles. The van der Waals surface area contributed by atoms with Gasteiger partial charge in [-0.05, 0) is 31.0 Å². The average molecular weight is 297 g/mol. The molecule has 0 radical (unpaired) electrons. The number of nitrogens with zero attached hydrogens (tertiary/aromatic N) is 1. The normalized spacial score (nSPS) is 20.6. The quantitative estimate of drug-likeness (QED) is 0.930. The molecule has 1 aliphatic rings. The van der Waals surface area contributed by atoms with Gasteiger partial charge in [-0.25, -0.2) is 4.79 Å². The first-order valence-corrected chi connectivity index (χ1v) is 7.40. The van der Waals surface area contributed by atoms with E-state index in [1.54, 1.807) is 4.90 Å². The van der Waals surface area contributed by atoms with Crippen LogP contribution in [0.25, 0.3) is 0 Å². The van der Waals surface area contributed by atoms with E-state index in [-0.39, 0.29) is 18.2 Å². The third-order valence-corrected chi connectivity index (χ3v) is 3.72. The number of rotatable bonds is 3. The summed E-state index contributed by atoms with van der Waals surface area (Å²) in [6.45, 7) is 5.91. The lowest BCUT2D eigenvalue weighted by Gasteiger charge is -2.32. The molecule has 5 heteroatoms. The van der Waals surface area contributed by atoms with Crippen LogP contribution in [-0.2, 0) is 4.74 Å². The third-order valence-electron chi connectivity index (χ3n) is 3.49. The van der Waals surface area contributed by atoms with Crippen LogP contribution < -0.4 is 5.32 Å². The number of hydrogen-bond acceptors (Lipinski definition) is 2. The van der Waals surface area contributed by atoms with Gasteiger partial charge in [0.05, 0.1) is 18.8 Å². The van der Waals surface area contributed by atoms with E-state index in [1.165, 1.54) is 0 Å². The minimum atomic E-state index is -0.0352. The molecule has 1 fully saturated rings. The molecule has 2 atom stereocenters. The number of morpholine rings is 1. The van der Waals surface area contributed by atoms with Crippen LogP contribution in [0.1, 0.15) is 31.9 Å². The van der Waals surface area contributed by atoms with Crippen molar-refractivity contribution in [1.29, 1.82) is 0 Å². The highest BCUT2D eigenvalue weighted by Crippen LogP contribution is 2.20. The van der Waals surface area contributed by atoms with Gasteiger partial charge in [-0.15, -0.1) is 0 Å². The minimum absolute atomic E-state index is 0.0145. The lowest BCUT2D eigenvalue weighted by molar-refractivity contribution is -0.00389. The molecular weight excluding hydrogens is 276 g/mol. The van der Waals surface area contributed by atoms with Crippen LogP contribution in [-0.4, -0.2) is 36.7 Å². The molecule has 1 saturated heterocycles. The van der Waals surface area contributed by atoms with Gasteiger partial charge >= 0.3 is 6.03 Å². The van der Waals surface area contributed by atoms with E-state index in [1.807, 2.05) is 38.1 Å². The van der Waals surface area contributed by atoms with Gasteiger partial charge in [0.15, 0.2) is 0 Å². The van der Waals surface area contributed by atoms with Crippen LogP contribution >= 0.6 is 11.6 Å². The number of amides is 2. The molecule has 1 heterocycles. The predicted molar refractivity (Wildman–Crippen MR) is 80.0 cm³/mol. The summed E-state index contributed by atoms with van der Waals surface area (Å²) >= 11 is 6.01. The van der Waals surface area contributed by atoms with Gasteiger partial charge in [0, 0.05) is 18.1 Å². The van der Waals surface area contributed by atoms with E-state index in [9.17, 15) is 4.79 Å². The second-order valence-corrected chi connectivity index (χ2v) is 5.53. The lowest BCUT2D eigenvalue weighted by atomic mass is 10.0. The highest BCUT2D eigenvalue weighted by atomic mass is 35.5. The van der Waals surface area contributed by atoms with Crippen molar-refractivity contribution in [3.8, 4) is 0 Å². The summed E-state index contributed by atoms with van der Waals surface area (Å²) in [5, 5.41) is 3.76. The van der Waals surface area contributed by atoms with Crippen LogP contribution in [0.4, 0.5) is 4.79 Å². The maximum atomic E-state index is 12.3. The van der Waals surface area contributed by atoms with Gasteiger partial charge in [0.2, 0.25) is 0 Å². The van der Waals surface area contributed by atoms with Crippen LogP contribution in [0.3, 0.4) is 0 Å². The molecule has 2 rings (SSSR count). The van der Waals surface area contributed by atoms with Crippen LogP contribution in [0.15, 0.2) is 24.3 Å². The summed E-state index contributed by atoms with van der Waals surface area (Å²) in [6, 6.07) is 7.58. The number of halogens is 1. The Kier molecular flexibility index (Phi) is 5.26. The fraction of sp³-hybridized carbons (Fsp3) is 0.533. The molecule has 1 N–H and O–H groups in total. The fourth-order valence-corrected chi connectivity index (χ4v) is 2.59. The van der Waals surface area contributed by atoms with Gasteiger partial charge in [0.25, 0.3) is 0 Å². The largest absolute Gasteiger partial charge is 0.375 e. The Bertz CT molecular complexity index is 467. The Morgan fingerprint density at radius 3 is 3.05 bits per heavy atom. The van der Waals surface area contributed by atoms with Crippen LogP contribution in [0, 0.1) is 0 Å². The fourth-order valence-electron chi connectivity index (χ4n) is 2.39. The molecular formula is C15H21ClN2O2. The number of benzene rings is 1. The van der Waals surface area contributed by atoms with Crippen molar-refractivity contribution >= 4 is 17.6 Å². The van der Waals surface area contributed by atoms with Crippen molar-refractivity contribution in [3.63, 3.8) is 0 Å². The van der Waals surface area contributed by atoms with E-state index in [0.717, 1.165) is 12.0 Å². The van der Waals surface area contributed by atoms with Gasteiger partial charge in [-0.3, -0.25) is 0 Å². The average Bonchev–Trinajstić information content (AvgIpc) is 2.44. The molecule has 0 aliphatic carbocycles. The van der Waals surface area contributed by atoms with Crippen molar-refractivity contribution in [2.75, 3.05) is 19.7 Å². The number of ether oxygens (including phenoxy) is 1. The maximum absolute atomic E-state index is 12.3. The monoisotopic (exact) mass is 296 g/mol. The number of carbonyl (C=O) groups is 1. The smallest absolute Gasteiger partial charge is 0.318 e. The van der Waals surface area contributed by atoms with E-state index >= 15 is 0 Å². The second kappa shape index (κ2) is 6.95. The van der Waals surface area contributed by atoms with Gasteiger partial charge in [0.1, 0.15) is 0 Å². The summed E-state index contributed by atoms with van der Waals surface area (Å²) in [6.07, 6.45) is 0.923. The number of hydrogen-bond donors (Lipinski definition) is 1. The van der Waals surface area contributed by atoms with Crippen molar-refractivity contribution in [3.05, 3.63) is 34.9 Å². The van der Waals surface area contributed by atoms with Crippen molar-refractivity contribution in [1.82, 2.24) is 10.2 Å². The van der Waals surface area contributed by atoms with Crippen LogP contribution in [0.2, 0.25) is 5.02 Å². The molecule has 2 unspecified atom stereocenters. The van der Waals surface area contributed by atoms with Crippen molar-refractivity contribution < 1.29 is 9.53 Å². The summed E-state index contributed by atoms with van der Waals surface area (Å²) in [7, 11) is 0. The summed E-state index contributed by atoms with van der Waals surface area (Å²) in [5.41, 5.74) is 1.04. The zero-order chi connectivity index (χ0) is 14.5. The molecule has 4 nitrogen and oxygen atoms in total. The van der Waals surface area contributed by atoms with E-state index in [4.69, 9.17) is 16.3 Å². The Morgan fingerprint density at radius 1 is 1.60 bits per heavy atom. The first kappa shape index (κ1) is 15.1. The van der Waals surface area contributed by atoms with Crippen LogP contribution in [0.5, 0.6) is 0 Å². The van der Waals surface area contributed by atoms with Gasteiger partial charge in [-0.2, -0.15) is 0 Å². The molecule has 1 aromatic rings. The third kappa shape index (κ3) is 3.87. The second-order valence-electron chi connectivity index (χ2n) is 5.09. The highest BCUT2D eigenvalue weighted by Gasteiger charge is 2.23. The van der Waals surface area contributed by atoms with E-state index < -0.39 is 0 Å². The first-order chi connectivity index (χ1) is 9.60. The molecule has 0 bridgehead atoms. The molecule has 1 aromatic carbocycles. The van der Waals surface area contributed by atoms with Gasteiger partial charge in [-0.1, -0.05) is 30.7 Å².